The molecule has 29 heavy (non-hydrogen) atoms. The zero-order valence-corrected chi connectivity index (χ0v) is 16.8. The molecule has 1 aromatic carbocycles. The van der Waals surface area contributed by atoms with Gasteiger partial charge >= 0.3 is 6.18 Å². The molecule has 2 heterocycles. The summed E-state index contributed by atoms with van der Waals surface area (Å²) in [6.45, 7) is 6.46. The molecule has 0 radical (unpaired) electrons. The van der Waals surface area contributed by atoms with Crippen LogP contribution >= 0.6 is 0 Å². The van der Waals surface area contributed by atoms with E-state index in [2.05, 4.69) is 15.3 Å². The molecule has 0 saturated carbocycles. The zero-order valence-electron chi connectivity index (χ0n) is 16.8. The van der Waals surface area contributed by atoms with Crippen LogP contribution in [0.5, 0.6) is 0 Å². The Morgan fingerprint density at radius 3 is 2.41 bits per heavy atom. The number of carbonyl (C=O) groups is 1. The van der Waals surface area contributed by atoms with Gasteiger partial charge in [-0.1, -0.05) is 25.5 Å². The summed E-state index contributed by atoms with van der Waals surface area (Å²) in [7, 11) is 0. The highest BCUT2D eigenvalue weighted by molar-refractivity contribution is 5.92. The van der Waals surface area contributed by atoms with E-state index in [-0.39, 0.29) is 12.5 Å². The Bertz CT molecular complexity index is 823. The van der Waals surface area contributed by atoms with Gasteiger partial charge in [0.2, 0.25) is 5.91 Å². The maximum Gasteiger partial charge on any atom is 0.435 e. The van der Waals surface area contributed by atoms with Gasteiger partial charge in [0.25, 0.3) is 0 Å². The van der Waals surface area contributed by atoms with Gasteiger partial charge in [-0.25, -0.2) is 0 Å². The molecule has 2 aromatic rings. The van der Waals surface area contributed by atoms with Crippen molar-refractivity contribution in [3.05, 3.63) is 47.3 Å². The van der Waals surface area contributed by atoms with Crippen LogP contribution in [-0.4, -0.2) is 33.7 Å². The number of nitrogens with zero attached hydrogens (tertiary/aromatic N) is 3. The second-order valence-corrected chi connectivity index (χ2v) is 7.77. The molecule has 1 aliphatic rings. The predicted molar refractivity (Wildman–Crippen MR) is 105 cm³/mol. The fourth-order valence-electron chi connectivity index (χ4n) is 3.51. The summed E-state index contributed by atoms with van der Waals surface area (Å²) in [6.07, 6.45) is -0.703. The molecule has 1 atom stereocenters. The van der Waals surface area contributed by atoms with Crippen molar-refractivity contribution in [2.45, 2.75) is 52.4 Å². The molecule has 3 rings (SSSR count). The van der Waals surface area contributed by atoms with E-state index in [1.807, 2.05) is 24.3 Å². The lowest BCUT2D eigenvalue weighted by Gasteiger charge is -2.26. The third-order valence-corrected chi connectivity index (χ3v) is 5.24. The van der Waals surface area contributed by atoms with Crippen molar-refractivity contribution in [3.63, 3.8) is 0 Å². The third kappa shape index (κ3) is 5.82. The number of halogens is 3. The fraction of sp³-hybridized carbons (Fsp3) is 0.524. The van der Waals surface area contributed by atoms with Crippen LogP contribution in [-0.2, 0) is 24.1 Å². The van der Waals surface area contributed by atoms with Crippen LogP contribution in [0.2, 0.25) is 0 Å². The summed E-state index contributed by atoms with van der Waals surface area (Å²) in [4.78, 5) is 14.9. The van der Waals surface area contributed by atoms with Crippen molar-refractivity contribution < 1.29 is 18.0 Å². The Balaban J connectivity index is 1.54. The summed E-state index contributed by atoms with van der Waals surface area (Å²) in [5.74, 6) is -0.778. The van der Waals surface area contributed by atoms with E-state index >= 15 is 0 Å². The Morgan fingerprint density at radius 1 is 1.17 bits per heavy atom. The number of aromatic nitrogens is 2. The van der Waals surface area contributed by atoms with E-state index in [0.717, 1.165) is 25.7 Å². The second kappa shape index (κ2) is 8.98. The first-order chi connectivity index (χ1) is 13.7. The molecule has 1 amide bonds. The number of likely N-dealkylation sites (tertiary alicyclic amines) is 1. The fourth-order valence-corrected chi connectivity index (χ4v) is 3.51. The molecule has 1 N–H and O–H groups in total. The predicted octanol–water partition coefficient (Wildman–Crippen LogP) is 4.47. The van der Waals surface area contributed by atoms with Crippen molar-refractivity contribution in [2.24, 2.45) is 5.92 Å². The van der Waals surface area contributed by atoms with E-state index in [1.165, 1.54) is 29.5 Å². The van der Waals surface area contributed by atoms with Crippen LogP contribution in [0.3, 0.4) is 0 Å². The van der Waals surface area contributed by atoms with E-state index < -0.39 is 17.8 Å². The molecule has 1 saturated heterocycles. The summed E-state index contributed by atoms with van der Waals surface area (Å²) < 4.78 is 39.6. The Hall–Kier alpha value is -2.35. The standard InChI is InChI=1S/C21H27F3N4O/c1-15(13-28-16(2)12-19(26-28)21(22,23)24)20(29)25-18-8-6-17(7-9-18)14-27-10-4-3-5-11-27/h6-9,12,15H,3-5,10-11,13-14H2,1-2H3,(H,25,29). The molecular weight excluding hydrogens is 381 g/mol. The lowest BCUT2D eigenvalue weighted by molar-refractivity contribution is -0.141. The van der Waals surface area contributed by atoms with Crippen molar-refractivity contribution >= 4 is 11.6 Å². The molecule has 8 heteroatoms. The number of rotatable bonds is 6. The van der Waals surface area contributed by atoms with Crippen molar-refractivity contribution in [1.29, 1.82) is 0 Å². The number of hydrogen-bond acceptors (Lipinski definition) is 3. The van der Waals surface area contributed by atoms with Gasteiger partial charge in [0.05, 0.1) is 12.5 Å². The van der Waals surface area contributed by atoms with Gasteiger partial charge in [0.1, 0.15) is 0 Å². The minimum Gasteiger partial charge on any atom is -0.326 e. The smallest absolute Gasteiger partial charge is 0.326 e. The number of nitrogens with one attached hydrogen (secondary N) is 1. The summed E-state index contributed by atoms with van der Waals surface area (Å²) in [5.41, 5.74) is 1.31. The van der Waals surface area contributed by atoms with Crippen LogP contribution in [0.25, 0.3) is 0 Å². The van der Waals surface area contributed by atoms with Crippen molar-refractivity contribution in [2.75, 3.05) is 18.4 Å². The minimum absolute atomic E-state index is 0.0841. The van der Waals surface area contributed by atoms with Crippen LogP contribution in [0.15, 0.2) is 30.3 Å². The molecule has 5 nitrogen and oxygen atoms in total. The van der Waals surface area contributed by atoms with Crippen molar-refractivity contribution in [3.8, 4) is 0 Å². The first-order valence-corrected chi connectivity index (χ1v) is 9.96. The molecule has 1 aliphatic heterocycles. The Labute approximate surface area is 168 Å². The Kier molecular flexibility index (Phi) is 6.62. The minimum atomic E-state index is -4.49. The summed E-state index contributed by atoms with van der Waals surface area (Å²) in [6, 6.07) is 8.73. The highest BCUT2D eigenvalue weighted by Crippen LogP contribution is 2.28. The number of anilines is 1. The molecule has 1 aromatic heterocycles. The number of amides is 1. The highest BCUT2D eigenvalue weighted by atomic mass is 19.4. The molecule has 0 aliphatic carbocycles. The maximum atomic E-state index is 12.8. The number of hydrogen-bond donors (Lipinski definition) is 1. The van der Waals surface area contributed by atoms with Crippen LogP contribution in [0.1, 0.15) is 43.1 Å². The molecule has 158 valence electrons. The van der Waals surface area contributed by atoms with Crippen molar-refractivity contribution in [1.82, 2.24) is 14.7 Å². The normalized spacial score (nSPS) is 16.6. The van der Waals surface area contributed by atoms with Gasteiger partial charge in [-0.2, -0.15) is 18.3 Å². The van der Waals surface area contributed by atoms with Crippen LogP contribution in [0, 0.1) is 12.8 Å². The highest BCUT2D eigenvalue weighted by Gasteiger charge is 2.34. The second-order valence-electron chi connectivity index (χ2n) is 7.77. The van der Waals surface area contributed by atoms with Gasteiger partial charge < -0.3 is 5.32 Å². The number of carbonyl (C=O) groups excluding carboxylic acids is 1. The van der Waals surface area contributed by atoms with Crippen LogP contribution < -0.4 is 5.32 Å². The quantitative estimate of drug-likeness (QED) is 0.767. The van der Waals surface area contributed by atoms with E-state index in [1.54, 1.807) is 13.8 Å². The Morgan fingerprint density at radius 2 is 1.83 bits per heavy atom. The average molecular weight is 408 g/mol. The van der Waals surface area contributed by atoms with E-state index in [4.69, 9.17) is 0 Å². The molecular formula is C21H27F3N4O. The van der Waals surface area contributed by atoms with Gasteiger partial charge in [-0.15, -0.1) is 0 Å². The average Bonchev–Trinajstić information content (AvgIpc) is 3.05. The first-order valence-electron chi connectivity index (χ1n) is 9.96. The molecule has 1 unspecified atom stereocenters. The molecule has 0 spiro atoms. The summed E-state index contributed by atoms with van der Waals surface area (Å²) in [5, 5.41) is 6.42. The first kappa shape index (κ1) is 21.4. The zero-order chi connectivity index (χ0) is 21.0. The van der Waals surface area contributed by atoms with Gasteiger partial charge in [-0.3, -0.25) is 14.4 Å². The summed E-state index contributed by atoms with van der Waals surface area (Å²) >= 11 is 0. The number of benzene rings is 1. The monoisotopic (exact) mass is 408 g/mol. The lowest BCUT2D eigenvalue weighted by atomic mass is 10.1. The molecule has 1 fully saturated rings. The largest absolute Gasteiger partial charge is 0.435 e. The number of aryl methyl sites for hydroxylation is 1. The van der Waals surface area contributed by atoms with Gasteiger partial charge in [0.15, 0.2) is 5.69 Å². The SMILES string of the molecule is Cc1cc(C(F)(F)F)nn1CC(C)C(=O)Nc1ccc(CN2CCCCC2)cc1. The maximum absolute atomic E-state index is 12.8. The lowest BCUT2D eigenvalue weighted by Crippen LogP contribution is -2.29. The third-order valence-electron chi connectivity index (χ3n) is 5.24. The molecule has 0 bridgehead atoms. The van der Waals surface area contributed by atoms with Gasteiger partial charge in [-0.05, 0) is 56.6 Å². The van der Waals surface area contributed by atoms with Crippen LogP contribution in [0.4, 0.5) is 18.9 Å². The van der Waals surface area contributed by atoms with Gasteiger partial charge in [0, 0.05) is 17.9 Å². The number of alkyl halides is 3. The van der Waals surface area contributed by atoms with E-state index in [9.17, 15) is 18.0 Å². The topological polar surface area (TPSA) is 50.2 Å². The van der Waals surface area contributed by atoms with E-state index in [0.29, 0.717) is 11.4 Å². The number of piperidine rings is 1.